The summed E-state index contributed by atoms with van der Waals surface area (Å²) < 4.78 is 18.9. The smallest absolute Gasteiger partial charge is 0.277 e. The molecule has 1 heterocycles. The number of halogens is 1. The van der Waals surface area contributed by atoms with E-state index in [4.69, 9.17) is 4.74 Å². The average Bonchev–Trinajstić information content (AvgIpc) is 2.50. The Morgan fingerprint density at radius 2 is 2.00 bits per heavy atom. The number of nitro benzene ring substituents is 1. The Balaban J connectivity index is 2.09. The number of rotatable bonds is 3. The van der Waals surface area contributed by atoms with E-state index >= 15 is 0 Å². The lowest BCUT2D eigenvalue weighted by Crippen LogP contribution is -1.94. The maximum atomic E-state index is 13.3. The summed E-state index contributed by atoms with van der Waals surface area (Å²) in [6.45, 7) is 1.63. The molecular weight excluding hydrogens is 287 g/mol. The fourth-order valence-corrected chi connectivity index (χ4v) is 2.20. The lowest BCUT2D eigenvalue weighted by atomic mass is 10.1. The molecule has 1 aromatic heterocycles. The van der Waals surface area contributed by atoms with Gasteiger partial charge in [0.25, 0.3) is 5.69 Å². The maximum Gasteiger partial charge on any atom is 0.277 e. The standard InChI is InChI=1S/C16H11FN2O3/c1-10-9-11(5-6-14(10)17)22-16-13-3-2-4-15(19(20)21)12(13)7-8-18-16/h2-9H,1H3. The van der Waals surface area contributed by atoms with Crippen molar-refractivity contribution in [1.29, 1.82) is 0 Å². The van der Waals surface area contributed by atoms with E-state index in [1.807, 2.05) is 0 Å². The van der Waals surface area contributed by atoms with Crippen LogP contribution < -0.4 is 4.74 Å². The highest BCUT2D eigenvalue weighted by Crippen LogP contribution is 2.32. The molecule has 0 amide bonds. The third-order valence-corrected chi connectivity index (χ3v) is 3.29. The van der Waals surface area contributed by atoms with Crippen LogP contribution >= 0.6 is 0 Å². The quantitative estimate of drug-likeness (QED) is 0.531. The van der Waals surface area contributed by atoms with Gasteiger partial charge < -0.3 is 4.74 Å². The van der Waals surface area contributed by atoms with Crippen molar-refractivity contribution in [2.45, 2.75) is 6.92 Å². The summed E-state index contributed by atoms with van der Waals surface area (Å²) >= 11 is 0. The number of fused-ring (bicyclic) bond motifs is 1. The van der Waals surface area contributed by atoms with Crippen LogP contribution in [-0.4, -0.2) is 9.91 Å². The highest BCUT2D eigenvalue weighted by atomic mass is 19.1. The van der Waals surface area contributed by atoms with Crippen molar-refractivity contribution >= 4 is 16.5 Å². The Labute approximate surface area is 125 Å². The number of ether oxygens (including phenoxy) is 1. The average molecular weight is 298 g/mol. The maximum absolute atomic E-state index is 13.3. The summed E-state index contributed by atoms with van der Waals surface area (Å²) in [7, 11) is 0. The largest absolute Gasteiger partial charge is 0.438 e. The fraction of sp³-hybridized carbons (Fsp3) is 0.0625. The molecule has 0 aliphatic heterocycles. The molecule has 3 rings (SSSR count). The van der Waals surface area contributed by atoms with Crippen LogP contribution in [0.25, 0.3) is 10.8 Å². The van der Waals surface area contributed by atoms with E-state index in [1.165, 1.54) is 24.4 Å². The molecule has 0 aliphatic carbocycles. The van der Waals surface area contributed by atoms with Gasteiger partial charge in [0.15, 0.2) is 0 Å². The first kappa shape index (κ1) is 13.9. The van der Waals surface area contributed by atoms with Gasteiger partial charge in [-0.2, -0.15) is 0 Å². The molecule has 0 aliphatic rings. The molecular formula is C16H11FN2O3. The predicted octanol–water partition coefficient (Wildman–Crippen LogP) is 4.38. The summed E-state index contributed by atoms with van der Waals surface area (Å²) in [5.41, 5.74) is 0.434. The number of nitrogens with zero attached hydrogens (tertiary/aromatic N) is 2. The lowest BCUT2D eigenvalue weighted by Gasteiger charge is -2.08. The second-order valence-corrected chi connectivity index (χ2v) is 4.76. The number of hydrogen-bond acceptors (Lipinski definition) is 4. The third-order valence-electron chi connectivity index (χ3n) is 3.29. The monoisotopic (exact) mass is 298 g/mol. The van der Waals surface area contributed by atoms with Crippen LogP contribution in [0.4, 0.5) is 10.1 Å². The Bertz CT molecular complexity index is 880. The van der Waals surface area contributed by atoms with Crippen molar-refractivity contribution in [2.75, 3.05) is 0 Å². The molecule has 0 spiro atoms. The van der Waals surface area contributed by atoms with E-state index in [2.05, 4.69) is 4.98 Å². The van der Waals surface area contributed by atoms with Crippen molar-refractivity contribution in [3.05, 3.63) is 70.2 Å². The second-order valence-electron chi connectivity index (χ2n) is 4.76. The zero-order valence-electron chi connectivity index (χ0n) is 11.6. The first-order valence-electron chi connectivity index (χ1n) is 6.52. The molecule has 0 N–H and O–H groups in total. The third kappa shape index (κ3) is 2.46. The van der Waals surface area contributed by atoms with E-state index in [-0.39, 0.29) is 17.4 Å². The van der Waals surface area contributed by atoms with Crippen molar-refractivity contribution < 1.29 is 14.1 Å². The molecule has 0 radical (unpaired) electrons. The number of hydrogen-bond donors (Lipinski definition) is 0. The summed E-state index contributed by atoms with van der Waals surface area (Å²) in [5.74, 6) is 0.339. The van der Waals surface area contributed by atoms with Crippen LogP contribution in [0.1, 0.15) is 5.56 Å². The van der Waals surface area contributed by atoms with Gasteiger partial charge in [0.2, 0.25) is 5.88 Å². The Hall–Kier alpha value is -3.02. The molecule has 0 unspecified atom stereocenters. The number of benzene rings is 2. The van der Waals surface area contributed by atoms with Gasteiger partial charge in [-0.25, -0.2) is 9.37 Å². The fourth-order valence-electron chi connectivity index (χ4n) is 2.20. The van der Waals surface area contributed by atoms with Crippen LogP contribution in [0.2, 0.25) is 0 Å². The van der Waals surface area contributed by atoms with Gasteiger partial charge in [-0.15, -0.1) is 0 Å². The van der Waals surface area contributed by atoms with E-state index in [0.717, 1.165) is 0 Å². The van der Waals surface area contributed by atoms with Crippen LogP contribution in [0.3, 0.4) is 0 Å². The van der Waals surface area contributed by atoms with Crippen LogP contribution in [0, 0.1) is 22.9 Å². The molecule has 0 fully saturated rings. The minimum atomic E-state index is -0.450. The number of aryl methyl sites for hydroxylation is 1. The minimum absolute atomic E-state index is 0.0139. The number of aromatic nitrogens is 1. The zero-order valence-corrected chi connectivity index (χ0v) is 11.6. The van der Waals surface area contributed by atoms with E-state index < -0.39 is 4.92 Å². The number of non-ortho nitro benzene ring substituents is 1. The van der Waals surface area contributed by atoms with Crippen LogP contribution in [-0.2, 0) is 0 Å². The highest BCUT2D eigenvalue weighted by molar-refractivity contribution is 5.94. The highest BCUT2D eigenvalue weighted by Gasteiger charge is 2.15. The Morgan fingerprint density at radius 3 is 2.73 bits per heavy atom. The molecule has 0 atom stereocenters. The first-order valence-corrected chi connectivity index (χ1v) is 6.52. The molecule has 110 valence electrons. The molecule has 2 aromatic carbocycles. The van der Waals surface area contributed by atoms with E-state index in [1.54, 1.807) is 31.2 Å². The number of pyridine rings is 1. The summed E-state index contributed by atoms with van der Waals surface area (Å²) in [6.07, 6.45) is 1.45. The van der Waals surface area contributed by atoms with E-state index in [0.29, 0.717) is 22.1 Å². The predicted molar refractivity (Wildman–Crippen MR) is 79.6 cm³/mol. The normalized spacial score (nSPS) is 10.6. The van der Waals surface area contributed by atoms with Crippen molar-refractivity contribution in [2.24, 2.45) is 0 Å². The molecule has 22 heavy (non-hydrogen) atoms. The van der Waals surface area contributed by atoms with Gasteiger partial charge in [0.05, 0.1) is 15.7 Å². The Kier molecular flexibility index (Phi) is 3.42. The molecule has 0 bridgehead atoms. The van der Waals surface area contributed by atoms with Crippen LogP contribution in [0.5, 0.6) is 11.6 Å². The van der Waals surface area contributed by atoms with E-state index in [9.17, 15) is 14.5 Å². The van der Waals surface area contributed by atoms with Crippen molar-refractivity contribution in [3.63, 3.8) is 0 Å². The van der Waals surface area contributed by atoms with Crippen molar-refractivity contribution in [1.82, 2.24) is 4.98 Å². The molecule has 0 saturated carbocycles. The van der Waals surface area contributed by atoms with Gasteiger partial charge in [-0.05, 0) is 42.8 Å². The summed E-state index contributed by atoms with van der Waals surface area (Å²) in [6, 6.07) is 10.6. The topological polar surface area (TPSA) is 65.3 Å². The zero-order chi connectivity index (χ0) is 15.7. The van der Waals surface area contributed by atoms with Gasteiger partial charge in [-0.3, -0.25) is 10.1 Å². The van der Waals surface area contributed by atoms with Crippen molar-refractivity contribution in [3.8, 4) is 11.6 Å². The van der Waals surface area contributed by atoms with Crippen LogP contribution in [0.15, 0.2) is 48.7 Å². The summed E-state index contributed by atoms with van der Waals surface area (Å²) in [5, 5.41) is 12.0. The SMILES string of the molecule is Cc1cc(Oc2nccc3c([N+](=O)[O-])cccc23)ccc1F. The number of nitro groups is 1. The minimum Gasteiger partial charge on any atom is -0.438 e. The summed E-state index contributed by atoms with van der Waals surface area (Å²) in [4.78, 5) is 14.7. The van der Waals surface area contributed by atoms with Gasteiger partial charge in [-0.1, -0.05) is 6.07 Å². The van der Waals surface area contributed by atoms with Gasteiger partial charge >= 0.3 is 0 Å². The lowest BCUT2D eigenvalue weighted by molar-refractivity contribution is -0.383. The molecule has 5 nitrogen and oxygen atoms in total. The molecule has 6 heteroatoms. The second kappa shape index (κ2) is 5.40. The molecule has 3 aromatic rings. The Morgan fingerprint density at radius 1 is 1.18 bits per heavy atom. The molecule has 0 saturated heterocycles. The van der Waals surface area contributed by atoms with Gasteiger partial charge in [0.1, 0.15) is 11.6 Å². The first-order chi connectivity index (χ1) is 10.6. The van der Waals surface area contributed by atoms with Gasteiger partial charge in [0, 0.05) is 12.3 Å².